The number of likely N-dealkylation sites (tertiary alicyclic amines) is 1. The van der Waals surface area contributed by atoms with Crippen LogP contribution < -0.4 is 15.4 Å². The fourth-order valence-corrected chi connectivity index (χ4v) is 5.91. The molecule has 0 spiro atoms. The Kier molecular flexibility index (Phi) is 6.49. The maximum atomic E-state index is 13.5. The monoisotopic (exact) mass is 541 g/mol. The maximum absolute atomic E-state index is 13.5. The first-order chi connectivity index (χ1) is 20.1. The highest BCUT2D eigenvalue weighted by molar-refractivity contribution is 6.38. The predicted octanol–water partition coefficient (Wildman–Crippen LogP) is 6.17. The largest absolute Gasteiger partial charge is 0.497 e. The van der Waals surface area contributed by atoms with E-state index in [1.165, 1.54) is 5.56 Å². The summed E-state index contributed by atoms with van der Waals surface area (Å²) in [6, 6.07) is 32.8. The molecule has 5 aromatic rings. The molecule has 7 nitrogen and oxygen atoms in total. The minimum absolute atomic E-state index is 0.135. The van der Waals surface area contributed by atoms with Crippen molar-refractivity contribution in [1.29, 1.82) is 0 Å². The molecule has 1 atom stereocenters. The first-order valence-electron chi connectivity index (χ1n) is 14.0. The maximum Gasteiger partial charge on any atom is 0.257 e. The highest BCUT2D eigenvalue weighted by Gasteiger charge is 2.31. The quantitative estimate of drug-likeness (QED) is 0.215. The lowest BCUT2D eigenvalue weighted by Gasteiger charge is -2.18. The molecular formula is C34H31N5O2. The van der Waals surface area contributed by atoms with E-state index in [4.69, 9.17) is 9.72 Å². The molecule has 7 rings (SSSR count). The van der Waals surface area contributed by atoms with Gasteiger partial charge in [-0.3, -0.25) is 9.69 Å². The fourth-order valence-electron chi connectivity index (χ4n) is 5.91. The summed E-state index contributed by atoms with van der Waals surface area (Å²) < 4.78 is 5.40. The van der Waals surface area contributed by atoms with Crippen LogP contribution in [0.1, 0.15) is 28.9 Å². The number of amides is 1. The molecular weight excluding hydrogens is 510 g/mol. The Morgan fingerprint density at radius 1 is 1.00 bits per heavy atom. The van der Waals surface area contributed by atoms with Crippen LogP contribution in [0.3, 0.4) is 0 Å². The van der Waals surface area contributed by atoms with Crippen LogP contribution in [0.15, 0.2) is 97.1 Å². The standard InChI is InChI=1S/C34H31N5O2/c1-41-26-13-15-29-30(19-26)37-33(36-29)31(23-10-6-3-7-11-23)32-27-18-24(12-14-28(27)38-34(32)40)35-25-16-17-39(21-25)20-22-8-4-2-5-9-22/h2-15,18-19,25,35H,16-17,20-21H2,1H3,(H,36,37)(H,38,40). The van der Waals surface area contributed by atoms with E-state index in [1.54, 1.807) is 7.11 Å². The summed E-state index contributed by atoms with van der Waals surface area (Å²) in [5.41, 5.74) is 7.97. The first-order valence-corrected chi connectivity index (χ1v) is 14.0. The number of imidazole rings is 1. The number of anilines is 2. The van der Waals surface area contributed by atoms with E-state index in [1.807, 2.05) is 54.6 Å². The molecule has 3 N–H and O–H groups in total. The van der Waals surface area contributed by atoms with Crippen LogP contribution >= 0.6 is 0 Å². The molecule has 0 aliphatic carbocycles. The van der Waals surface area contributed by atoms with Crippen molar-refractivity contribution in [1.82, 2.24) is 14.9 Å². The number of rotatable bonds is 7. The van der Waals surface area contributed by atoms with Crippen LogP contribution in [0.25, 0.3) is 22.2 Å². The van der Waals surface area contributed by atoms with Crippen LogP contribution in [0, 0.1) is 0 Å². The van der Waals surface area contributed by atoms with E-state index in [0.29, 0.717) is 17.4 Å². The van der Waals surface area contributed by atoms with Gasteiger partial charge in [-0.2, -0.15) is 0 Å². The number of carbonyl (C=O) groups is 1. The second kappa shape index (κ2) is 10.6. The molecule has 1 aromatic heterocycles. The van der Waals surface area contributed by atoms with Crippen molar-refractivity contribution in [3.05, 3.63) is 120 Å². The minimum Gasteiger partial charge on any atom is -0.497 e. The number of nitrogens with one attached hydrogen (secondary N) is 3. The van der Waals surface area contributed by atoms with Crippen molar-refractivity contribution in [2.75, 3.05) is 30.8 Å². The summed E-state index contributed by atoms with van der Waals surface area (Å²) in [6.45, 7) is 2.99. The van der Waals surface area contributed by atoms with E-state index >= 15 is 0 Å². The van der Waals surface area contributed by atoms with Gasteiger partial charge in [0.2, 0.25) is 0 Å². The van der Waals surface area contributed by atoms with Crippen molar-refractivity contribution in [2.45, 2.75) is 19.0 Å². The van der Waals surface area contributed by atoms with Gasteiger partial charge in [-0.25, -0.2) is 4.98 Å². The van der Waals surface area contributed by atoms with Crippen molar-refractivity contribution in [2.24, 2.45) is 0 Å². The number of hydrogen-bond acceptors (Lipinski definition) is 5. The molecule has 3 heterocycles. The minimum atomic E-state index is -0.135. The molecule has 1 saturated heterocycles. The van der Waals surface area contributed by atoms with Crippen LogP contribution in [0.2, 0.25) is 0 Å². The van der Waals surface area contributed by atoms with Gasteiger partial charge in [0.1, 0.15) is 11.6 Å². The van der Waals surface area contributed by atoms with E-state index in [-0.39, 0.29) is 5.91 Å². The van der Waals surface area contributed by atoms with Crippen molar-refractivity contribution in [3.8, 4) is 5.75 Å². The highest BCUT2D eigenvalue weighted by atomic mass is 16.5. The van der Waals surface area contributed by atoms with Gasteiger partial charge in [0.15, 0.2) is 0 Å². The predicted molar refractivity (Wildman–Crippen MR) is 164 cm³/mol. The second-order valence-electron chi connectivity index (χ2n) is 10.6. The summed E-state index contributed by atoms with van der Waals surface area (Å²) in [6.07, 6.45) is 1.07. The lowest BCUT2D eigenvalue weighted by molar-refractivity contribution is -0.110. The molecule has 1 amide bonds. The lowest BCUT2D eigenvalue weighted by atomic mass is 9.94. The Balaban J connectivity index is 1.24. The van der Waals surface area contributed by atoms with Crippen LogP contribution in [-0.4, -0.2) is 47.0 Å². The second-order valence-corrected chi connectivity index (χ2v) is 10.6. The van der Waals surface area contributed by atoms with Gasteiger partial charge in [0.05, 0.1) is 23.7 Å². The molecule has 1 fully saturated rings. The number of carbonyl (C=O) groups excluding carboxylic acids is 1. The summed E-state index contributed by atoms with van der Waals surface area (Å²) in [4.78, 5) is 24.4. The van der Waals surface area contributed by atoms with Crippen LogP contribution in [0.5, 0.6) is 5.75 Å². The molecule has 4 aromatic carbocycles. The third-order valence-corrected chi connectivity index (χ3v) is 7.90. The Labute approximate surface area is 238 Å². The summed E-state index contributed by atoms with van der Waals surface area (Å²) in [5, 5.41) is 6.81. The topological polar surface area (TPSA) is 82.3 Å². The molecule has 204 valence electrons. The Morgan fingerprint density at radius 2 is 1.80 bits per heavy atom. The lowest BCUT2D eigenvalue weighted by Crippen LogP contribution is -2.25. The number of H-pyrrole nitrogens is 1. The van der Waals surface area contributed by atoms with Crippen LogP contribution in [-0.2, 0) is 11.3 Å². The van der Waals surface area contributed by atoms with Gasteiger partial charge in [-0.1, -0.05) is 60.7 Å². The smallest absolute Gasteiger partial charge is 0.257 e. The van der Waals surface area contributed by atoms with Gasteiger partial charge < -0.3 is 20.4 Å². The zero-order valence-corrected chi connectivity index (χ0v) is 22.9. The normalized spacial score (nSPS) is 17.9. The molecule has 0 saturated carbocycles. The third-order valence-electron chi connectivity index (χ3n) is 7.90. The summed E-state index contributed by atoms with van der Waals surface area (Å²) in [7, 11) is 1.64. The molecule has 7 heteroatoms. The summed E-state index contributed by atoms with van der Waals surface area (Å²) >= 11 is 0. The van der Waals surface area contributed by atoms with Crippen molar-refractivity contribution >= 4 is 39.5 Å². The zero-order valence-electron chi connectivity index (χ0n) is 22.9. The van der Waals surface area contributed by atoms with Gasteiger partial charge in [-0.05, 0) is 47.9 Å². The Morgan fingerprint density at radius 3 is 2.61 bits per heavy atom. The SMILES string of the molecule is COc1ccc2[nH]c(C(=C3C(=O)Nc4ccc(NC5CCN(Cc6ccccc6)C5)cc43)c3ccccc3)nc2c1. The van der Waals surface area contributed by atoms with E-state index < -0.39 is 0 Å². The molecule has 2 aliphatic rings. The zero-order chi connectivity index (χ0) is 27.8. The highest BCUT2D eigenvalue weighted by Crippen LogP contribution is 2.41. The molecule has 0 radical (unpaired) electrons. The average molecular weight is 542 g/mol. The molecule has 1 unspecified atom stereocenters. The number of benzene rings is 4. The fraction of sp³-hybridized carbons (Fsp3) is 0.176. The van der Waals surface area contributed by atoms with Crippen molar-refractivity contribution < 1.29 is 9.53 Å². The molecule has 2 aliphatic heterocycles. The number of hydrogen-bond donors (Lipinski definition) is 3. The number of aromatic amines is 1. The number of aromatic nitrogens is 2. The first kappa shape index (κ1) is 25.1. The van der Waals surface area contributed by atoms with Crippen LogP contribution in [0.4, 0.5) is 11.4 Å². The number of methoxy groups -OCH3 is 1. The summed E-state index contributed by atoms with van der Waals surface area (Å²) in [5.74, 6) is 1.24. The average Bonchev–Trinajstić information content (AvgIpc) is 3.71. The van der Waals surface area contributed by atoms with E-state index in [0.717, 1.165) is 70.9 Å². The molecule has 41 heavy (non-hydrogen) atoms. The number of ether oxygens (including phenoxy) is 1. The van der Waals surface area contributed by atoms with Gasteiger partial charge in [-0.15, -0.1) is 0 Å². The Bertz CT molecular complexity index is 1760. The Hall–Kier alpha value is -4.88. The van der Waals surface area contributed by atoms with Gasteiger partial charge in [0, 0.05) is 54.3 Å². The van der Waals surface area contributed by atoms with Crippen molar-refractivity contribution in [3.63, 3.8) is 0 Å². The number of nitrogens with zero attached hydrogens (tertiary/aromatic N) is 2. The third kappa shape index (κ3) is 4.96. The van der Waals surface area contributed by atoms with E-state index in [2.05, 4.69) is 63.0 Å². The van der Waals surface area contributed by atoms with E-state index in [9.17, 15) is 4.79 Å². The van der Waals surface area contributed by atoms with Gasteiger partial charge in [0.25, 0.3) is 5.91 Å². The van der Waals surface area contributed by atoms with Gasteiger partial charge >= 0.3 is 0 Å². The molecule has 0 bridgehead atoms. The number of fused-ring (bicyclic) bond motifs is 2.